The predicted molar refractivity (Wildman–Crippen MR) is 70.0 cm³/mol. The van der Waals surface area contributed by atoms with Gasteiger partial charge in [0.05, 0.1) is 18.9 Å². The molecule has 0 aliphatic rings. The first-order chi connectivity index (χ1) is 8.16. The first-order valence-electron chi connectivity index (χ1n) is 6.05. The van der Waals surface area contributed by atoms with Gasteiger partial charge in [0.25, 0.3) is 0 Å². The molecular formula is C13H23N3O. The van der Waals surface area contributed by atoms with Gasteiger partial charge in [-0.1, -0.05) is 6.08 Å². The van der Waals surface area contributed by atoms with E-state index in [0.717, 1.165) is 38.4 Å². The Hall–Kier alpha value is -1.13. The Morgan fingerprint density at radius 2 is 2.18 bits per heavy atom. The molecular weight excluding hydrogens is 214 g/mol. The fraction of sp³-hybridized carbons (Fsp3) is 0.615. The van der Waals surface area contributed by atoms with Gasteiger partial charge in [0, 0.05) is 31.4 Å². The van der Waals surface area contributed by atoms with Gasteiger partial charge < -0.3 is 10.1 Å². The monoisotopic (exact) mass is 237 g/mol. The molecule has 0 aliphatic heterocycles. The molecule has 0 saturated heterocycles. The van der Waals surface area contributed by atoms with E-state index >= 15 is 0 Å². The Morgan fingerprint density at radius 3 is 2.76 bits per heavy atom. The lowest BCUT2D eigenvalue weighted by atomic mass is 10.2. The summed E-state index contributed by atoms with van der Waals surface area (Å²) in [6, 6.07) is 0. The molecule has 0 atom stereocenters. The van der Waals surface area contributed by atoms with Crippen molar-refractivity contribution in [2.45, 2.75) is 26.8 Å². The number of ether oxygens (including phenoxy) is 1. The quantitative estimate of drug-likeness (QED) is 0.553. The van der Waals surface area contributed by atoms with Crippen LogP contribution in [-0.2, 0) is 18.3 Å². The zero-order chi connectivity index (χ0) is 12.7. The molecule has 0 aromatic carbocycles. The second kappa shape index (κ2) is 7.25. The third-order valence-corrected chi connectivity index (χ3v) is 2.85. The molecule has 4 heteroatoms. The van der Waals surface area contributed by atoms with E-state index in [4.69, 9.17) is 4.74 Å². The van der Waals surface area contributed by atoms with E-state index in [1.54, 1.807) is 0 Å². The Morgan fingerprint density at radius 1 is 1.41 bits per heavy atom. The molecule has 1 N–H and O–H groups in total. The van der Waals surface area contributed by atoms with Crippen LogP contribution in [0.2, 0.25) is 0 Å². The molecule has 1 aromatic rings. The van der Waals surface area contributed by atoms with Crippen molar-refractivity contribution >= 4 is 0 Å². The van der Waals surface area contributed by atoms with Crippen molar-refractivity contribution in [3.63, 3.8) is 0 Å². The number of aryl methyl sites for hydroxylation is 2. The third-order valence-electron chi connectivity index (χ3n) is 2.85. The second-order valence-electron chi connectivity index (χ2n) is 4.14. The summed E-state index contributed by atoms with van der Waals surface area (Å²) in [6.45, 7) is 11.0. The van der Waals surface area contributed by atoms with Gasteiger partial charge >= 0.3 is 0 Å². The largest absolute Gasteiger partial charge is 0.380 e. The number of nitrogens with one attached hydrogen (secondary N) is 1. The van der Waals surface area contributed by atoms with E-state index in [-0.39, 0.29) is 0 Å². The number of hydrogen-bond acceptors (Lipinski definition) is 3. The van der Waals surface area contributed by atoms with Crippen LogP contribution in [0.4, 0.5) is 0 Å². The van der Waals surface area contributed by atoms with E-state index in [9.17, 15) is 0 Å². The number of rotatable bonds is 8. The smallest absolute Gasteiger partial charge is 0.0641 e. The zero-order valence-electron chi connectivity index (χ0n) is 11.1. The van der Waals surface area contributed by atoms with Crippen LogP contribution in [0.1, 0.15) is 23.4 Å². The molecule has 0 radical (unpaired) electrons. The highest BCUT2D eigenvalue weighted by Crippen LogP contribution is 2.10. The summed E-state index contributed by atoms with van der Waals surface area (Å²) in [5.41, 5.74) is 3.62. The lowest BCUT2D eigenvalue weighted by Crippen LogP contribution is -2.20. The minimum Gasteiger partial charge on any atom is -0.380 e. The van der Waals surface area contributed by atoms with Crippen LogP contribution in [0.25, 0.3) is 0 Å². The SMILES string of the molecule is C=CCCOCCNCc1c(C)nn(C)c1C. The average molecular weight is 237 g/mol. The van der Waals surface area contributed by atoms with Gasteiger partial charge in [-0.3, -0.25) is 4.68 Å². The van der Waals surface area contributed by atoms with Gasteiger partial charge in [-0.05, 0) is 20.3 Å². The normalized spacial score (nSPS) is 10.8. The molecule has 0 spiro atoms. The summed E-state index contributed by atoms with van der Waals surface area (Å²) in [7, 11) is 1.98. The van der Waals surface area contributed by atoms with Crippen LogP contribution < -0.4 is 5.32 Å². The van der Waals surface area contributed by atoms with Crippen LogP contribution >= 0.6 is 0 Å². The predicted octanol–water partition coefficient (Wildman–Crippen LogP) is 1.72. The third kappa shape index (κ3) is 4.32. The van der Waals surface area contributed by atoms with E-state index in [1.807, 2.05) is 24.7 Å². The molecule has 0 bridgehead atoms. The molecule has 0 amide bonds. The van der Waals surface area contributed by atoms with Gasteiger partial charge in [0.1, 0.15) is 0 Å². The van der Waals surface area contributed by atoms with E-state index < -0.39 is 0 Å². The van der Waals surface area contributed by atoms with E-state index in [0.29, 0.717) is 0 Å². The van der Waals surface area contributed by atoms with Crippen molar-refractivity contribution in [3.05, 3.63) is 29.6 Å². The average Bonchev–Trinajstić information content (AvgIpc) is 2.54. The highest BCUT2D eigenvalue weighted by atomic mass is 16.5. The molecule has 4 nitrogen and oxygen atoms in total. The van der Waals surface area contributed by atoms with Crippen molar-refractivity contribution in [2.24, 2.45) is 7.05 Å². The molecule has 1 aromatic heterocycles. The molecule has 0 aliphatic carbocycles. The molecule has 17 heavy (non-hydrogen) atoms. The summed E-state index contributed by atoms with van der Waals surface area (Å²) in [5.74, 6) is 0. The second-order valence-corrected chi connectivity index (χ2v) is 4.14. The summed E-state index contributed by atoms with van der Waals surface area (Å²) >= 11 is 0. The maximum Gasteiger partial charge on any atom is 0.0641 e. The van der Waals surface area contributed by atoms with Crippen molar-refractivity contribution in [2.75, 3.05) is 19.8 Å². The summed E-state index contributed by atoms with van der Waals surface area (Å²) in [5, 5.41) is 7.75. The van der Waals surface area contributed by atoms with Crippen LogP contribution in [0.5, 0.6) is 0 Å². The van der Waals surface area contributed by atoms with E-state index in [2.05, 4.69) is 23.9 Å². The number of aromatic nitrogens is 2. The fourth-order valence-electron chi connectivity index (χ4n) is 1.70. The summed E-state index contributed by atoms with van der Waals surface area (Å²) in [6.07, 6.45) is 2.79. The van der Waals surface area contributed by atoms with Crippen LogP contribution in [0.15, 0.2) is 12.7 Å². The molecule has 0 saturated carbocycles. The van der Waals surface area contributed by atoms with Gasteiger partial charge in [0.2, 0.25) is 0 Å². The van der Waals surface area contributed by atoms with Crippen molar-refractivity contribution in [1.82, 2.24) is 15.1 Å². The molecule has 1 rings (SSSR count). The topological polar surface area (TPSA) is 39.1 Å². The molecule has 0 fully saturated rings. The maximum absolute atomic E-state index is 5.42. The first kappa shape index (κ1) is 13.9. The first-order valence-corrected chi connectivity index (χ1v) is 6.05. The van der Waals surface area contributed by atoms with Gasteiger partial charge in [0.15, 0.2) is 0 Å². The fourth-order valence-corrected chi connectivity index (χ4v) is 1.70. The summed E-state index contributed by atoms with van der Waals surface area (Å²) < 4.78 is 7.35. The molecule has 1 heterocycles. The van der Waals surface area contributed by atoms with Crippen molar-refractivity contribution < 1.29 is 4.74 Å². The van der Waals surface area contributed by atoms with Crippen LogP contribution in [0, 0.1) is 13.8 Å². The Balaban J connectivity index is 2.20. The van der Waals surface area contributed by atoms with Gasteiger partial charge in [-0.25, -0.2) is 0 Å². The highest BCUT2D eigenvalue weighted by molar-refractivity contribution is 5.23. The Bertz CT molecular complexity index is 358. The number of nitrogens with zero attached hydrogens (tertiary/aromatic N) is 2. The van der Waals surface area contributed by atoms with Gasteiger partial charge in [-0.15, -0.1) is 6.58 Å². The lowest BCUT2D eigenvalue weighted by molar-refractivity contribution is 0.140. The highest BCUT2D eigenvalue weighted by Gasteiger charge is 2.07. The number of hydrogen-bond donors (Lipinski definition) is 1. The lowest BCUT2D eigenvalue weighted by Gasteiger charge is -2.06. The Labute approximate surface area is 104 Å². The van der Waals surface area contributed by atoms with Crippen LogP contribution in [0.3, 0.4) is 0 Å². The molecule has 0 unspecified atom stereocenters. The standard InChI is InChI=1S/C13H23N3O/c1-5-6-8-17-9-7-14-10-13-11(2)15-16(4)12(13)3/h5,14H,1,6-10H2,2-4H3. The summed E-state index contributed by atoms with van der Waals surface area (Å²) in [4.78, 5) is 0. The maximum atomic E-state index is 5.42. The minimum absolute atomic E-state index is 0.742. The van der Waals surface area contributed by atoms with E-state index in [1.165, 1.54) is 11.3 Å². The van der Waals surface area contributed by atoms with Crippen LogP contribution in [-0.4, -0.2) is 29.5 Å². The molecule has 96 valence electrons. The van der Waals surface area contributed by atoms with Crippen molar-refractivity contribution in [3.8, 4) is 0 Å². The zero-order valence-corrected chi connectivity index (χ0v) is 11.1. The Kier molecular flexibility index (Phi) is 5.94. The minimum atomic E-state index is 0.742. The van der Waals surface area contributed by atoms with Gasteiger partial charge in [-0.2, -0.15) is 5.10 Å². The van der Waals surface area contributed by atoms with Crippen molar-refractivity contribution in [1.29, 1.82) is 0 Å².